The smallest absolute Gasteiger partial charge is 0.236 e. The van der Waals surface area contributed by atoms with Crippen molar-refractivity contribution in [2.45, 2.75) is 32.3 Å². The van der Waals surface area contributed by atoms with Crippen LogP contribution in [0, 0.1) is 6.92 Å². The number of amides is 1. The first-order chi connectivity index (χ1) is 10.4. The molecule has 2 aromatic heterocycles. The lowest BCUT2D eigenvalue weighted by Gasteiger charge is -2.02. The average Bonchev–Trinajstić information content (AvgIpc) is 2.99. The summed E-state index contributed by atoms with van der Waals surface area (Å²) in [7, 11) is 0. The maximum absolute atomic E-state index is 11.9. The molecule has 22 heavy (non-hydrogen) atoms. The molecule has 0 bridgehead atoms. The van der Waals surface area contributed by atoms with Crippen LogP contribution in [0.25, 0.3) is 0 Å². The van der Waals surface area contributed by atoms with Crippen molar-refractivity contribution in [2.75, 3.05) is 16.9 Å². The molecule has 1 amide bonds. The van der Waals surface area contributed by atoms with Gasteiger partial charge in [0.05, 0.1) is 16.3 Å². The Balaban J connectivity index is 1.94. The van der Waals surface area contributed by atoms with Gasteiger partial charge in [-0.3, -0.25) is 9.59 Å². The minimum atomic E-state index is -0.241. The maximum Gasteiger partial charge on any atom is 0.236 e. The molecule has 8 nitrogen and oxygen atoms in total. The Morgan fingerprint density at radius 2 is 2.14 bits per heavy atom. The quantitative estimate of drug-likeness (QED) is 0.462. The van der Waals surface area contributed by atoms with E-state index < -0.39 is 0 Å². The highest BCUT2D eigenvalue weighted by Gasteiger charge is 2.15. The first-order valence-electron chi connectivity index (χ1n) is 6.52. The van der Waals surface area contributed by atoms with Crippen LogP contribution in [-0.2, 0) is 11.2 Å². The SMILES string of the molecule is CCc1nnc(SCC(=O)Nc2nc(C)c(C(C)=O)s2)n1N. The summed E-state index contributed by atoms with van der Waals surface area (Å²) >= 11 is 2.36. The van der Waals surface area contributed by atoms with Crippen LogP contribution in [-0.4, -0.2) is 37.3 Å². The highest BCUT2D eigenvalue weighted by molar-refractivity contribution is 7.99. The Morgan fingerprint density at radius 3 is 2.68 bits per heavy atom. The zero-order valence-corrected chi connectivity index (χ0v) is 14.0. The predicted molar refractivity (Wildman–Crippen MR) is 85.8 cm³/mol. The van der Waals surface area contributed by atoms with E-state index in [2.05, 4.69) is 20.5 Å². The number of hydrogen-bond acceptors (Lipinski definition) is 8. The second-order valence-corrected chi connectivity index (χ2v) is 6.39. The predicted octanol–water partition coefficient (Wildman–Crippen LogP) is 1.25. The number of carbonyl (C=O) groups is 2. The van der Waals surface area contributed by atoms with Crippen molar-refractivity contribution < 1.29 is 9.59 Å². The molecule has 3 N–H and O–H groups in total. The standard InChI is InChI=1S/C12H16N6O2S2/c1-4-8-16-17-12(18(8)13)21-5-9(20)15-11-14-6(2)10(22-11)7(3)19/h4-5,13H2,1-3H3,(H,14,15,20). The molecule has 0 saturated carbocycles. The van der Waals surface area contributed by atoms with Gasteiger partial charge in [0.25, 0.3) is 0 Å². The number of Topliss-reactive ketones (excluding diaryl/α,β-unsaturated/α-hetero) is 1. The number of hydrogen-bond donors (Lipinski definition) is 2. The van der Waals surface area contributed by atoms with Gasteiger partial charge in [-0.15, -0.1) is 10.2 Å². The lowest BCUT2D eigenvalue weighted by atomic mass is 10.3. The van der Waals surface area contributed by atoms with Crippen molar-refractivity contribution in [3.63, 3.8) is 0 Å². The number of carbonyl (C=O) groups excluding carboxylic acids is 2. The van der Waals surface area contributed by atoms with Crippen LogP contribution in [0.4, 0.5) is 5.13 Å². The van der Waals surface area contributed by atoms with Crippen LogP contribution in [0.15, 0.2) is 5.16 Å². The number of nitrogen functional groups attached to an aromatic ring is 1. The van der Waals surface area contributed by atoms with Crippen LogP contribution in [0.2, 0.25) is 0 Å². The minimum Gasteiger partial charge on any atom is -0.336 e. The molecule has 0 aliphatic carbocycles. The van der Waals surface area contributed by atoms with Gasteiger partial charge in [-0.2, -0.15) is 0 Å². The van der Waals surface area contributed by atoms with E-state index in [1.54, 1.807) is 6.92 Å². The van der Waals surface area contributed by atoms with E-state index in [-0.39, 0.29) is 17.4 Å². The van der Waals surface area contributed by atoms with Gasteiger partial charge in [-0.25, -0.2) is 9.66 Å². The lowest BCUT2D eigenvalue weighted by Crippen LogP contribution is -2.17. The molecule has 0 saturated heterocycles. The number of nitrogens with two attached hydrogens (primary N) is 1. The molecule has 0 radical (unpaired) electrons. The van der Waals surface area contributed by atoms with Gasteiger partial charge in [0.15, 0.2) is 16.7 Å². The molecule has 10 heteroatoms. The fraction of sp³-hybridized carbons (Fsp3) is 0.417. The summed E-state index contributed by atoms with van der Waals surface area (Å²) in [6.45, 7) is 5.13. The Kier molecular flexibility index (Phi) is 5.14. The van der Waals surface area contributed by atoms with Crippen LogP contribution in [0.1, 0.15) is 35.0 Å². The second-order valence-electron chi connectivity index (χ2n) is 4.45. The third-order valence-electron chi connectivity index (χ3n) is 2.75. The number of aryl methyl sites for hydroxylation is 2. The number of thioether (sulfide) groups is 1. The van der Waals surface area contributed by atoms with Gasteiger partial charge in [-0.1, -0.05) is 30.0 Å². The van der Waals surface area contributed by atoms with Crippen LogP contribution in [0.3, 0.4) is 0 Å². The van der Waals surface area contributed by atoms with E-state index in [0.29, 0.717) is 33.1 Å². The zero-order chi connectivity index (χ0) is 16.3. The molecular formula is C12H16N6O2S2. The topological polar surface area (TPSA) is 116 Å². The number of anilines is 1. The molecule has 0 unspecified atom stereocenters. The van der Waals surface area contributed by atoms with E-state index >= 15 is 0 Å². The Bertz CT molecular complexity index is 709. The third kappa shape index (κ3) is 3.63. The van der Waals surface area contributed by atoms with Gasteiger partial charge in [0, 0.05) is 13.3 Å². The molecule has 0 aromatic carbocycles. The van der Waals surface area contributed by atoms with E-state index in [1.807, 2.05) is 6.92 Å². The number of nitrogens with one attached hydrogen (secondary N) is 1. The number of nitrogens with zero attached hydrogens (tertiary/aromatic N) is 4. The molecule has 0 aliphatic rings. The summed E-state index contributed by atoms with van der Waals surface area (Å²) in [5, 5.41) is 11.4. The summed E-state index contributed by atoms with van der Waals surface area (Å²) in [4.78, 5) is 28.0. The fourth-order valence-corrected chi connectivity index (χ4v) is 3.26. The number of rotatable bonds is 6. The normalized spacial score (nSPS) is 10.7. The van der Waals surface area contributed by atoms with E-state index in [9.17, 15) is 9.59 Å². The monoisotopic (exact) mass is 340 g/mol. The highest BCUT2D eigenvalue weighted by Crippen LogP contribution is 2.23. The van der Waals surface area contributed by atoms with Gasteiger partial charge in [-0.05, 0) is 6.92 Å². The van der Waals surface area contributed by atoms with Crippen molar-refractivity contribution in [2.24, 2.45) is 0 Å². The average molecular weight is 340 g/mol. The van der Waals surface area contributed by atoms with Crippen LogP contribution < -0.4 is 11.2 Å². The summed E-state index contributed by atoms with van der Waals surface area (Å²) < 4.78 is 1.37. The number of aromatic nitrogens is 4. The van der Waals surface area contributed by atoms with Crippen molar-refractivity contribution >= 4 is 39.9 Å². The molecular weight excluding hydrogens is 324 g/mol. The highest BCUT2D eigenvalue weighted by atomic mass is 32.2. The molecule has 0 spiro atoms. The van der Waals surface area contributed by atoms with E-state index in [0.717, 1.165) is 0 Å². The van der Waals surface area contributed by atoms with Crippen molar-refractivity contribution in [1.82, 2.24) is 19.9 Å². The first kappa shape index (κ1) is 16.4. The molecule has 118 valence electrons. The zero-order valence-electron chi connectivity index (χ0n) is 12.4. The van der Waals surface area contributed by atoms with Gasteiger partial charge >= 0.3 is 0 Å². The Hall–Kier alpha value is -1.94. The second kappa shape index (κ2) is 6.88. The molecule has 0 aliphatic heterocycles. The first-order valence-corrected chi connectivity index (χ1v) is 8.33. The van der Waals surface area contributed by atoms with E-state index in [1.165, 1.54) is 34.7 Å². The van der Waals surface area contributed by atoms with Gasteiger partial charge in [0.1, 0.15) is 0 Å². The summed E-state index contributed by atoms with van der Waals surface area (Å²) in [6.07, 6.45) is 0.669. The minimum absolute atomic E-state index is 0.0618. The molecule has 2 heterocycles. The number of thiazole rings is 1. The van der Waals surface area contributed by atoms with Crippen LogP contribution in [0.5, 0.6) is 0 Å². The molecule has 2 aromatic rings. The van der Waals surface area contributed by atoms with Crippen molar-refractivity contribution in [3.8, 4) is 0 Å². The fourth-order valence-electron chi connectivity index (χ4n) is 1.71. The van der Waals surface area contributed by atoms with E-state index in [4.69, 9.17) is 5.84 Å². The Labute approximate surface area is 135 Å². The third-order valence-corrected chi connectivity index (χ3v) is 4.86. The van der Waals surface area contributed by atoms with Gasteiger partial charge in [0.2, 0.25) is 11.1 Å². The summed E-state index contributed by atoms with van der Waals surface area (Å²) in [5.74, 6) is 6.29. The van der Waals surface area contributed by atoms with Crippen LogP contribution >= 0.6 is 23.1 Å². The molecule has 0 fully saturated rings. The summed E-state index contributed by atoms with van der Waals surface area (Å²) in [6, 6.07) is 0. The van der Waals surface area contributed by atoms with Crippen molar-refractivity contribution in [3.05, 3.63) is 16.4 Å². The number of ketones is 1. The lowest BCUT2D eigenvalue weighted by molar-refractivity contribution is -0.113. The summed E-state index contributed by atoms with van der Waals surface area (Å²) in [5.41, 5.74) is 0.620. The van der Waals surface area contributed by atoms with Crippen molar-refractivity contribution in [1.29, 1.82) is 0 Å². The largest absolute Gasteiger partial charge is 0.336 e. The Morgan fingerprint density at radius 1 is 1.41 bits per heavy atom. The molecule has 0 atom stereocenters. The molecule has 2 rings (SSSR count). The maximum atomic E-state index is 11.9. The van der Waals surface area contributed by atoms with Gasteiger partial charge < -0.3 is 11.2 Å².